The van der Waals surface area contributed by atoms with Gasteiger partial charge in [-0.05, 0) is 82.7 Å². The number of hydrogen-bond donors (Lipinski definition) is 2. The number of carbonyl (C=O) groups is 2. The van der Waals surface area contributed by atoms with Gasteiger partial charge in [0.15, 0.2) is 0 Å². The molecule has 38 heavy (non-hydrogen) atoms. The van der Waals surface area contributed by atoms with Crippen molar-refractivity contribution in [3.8, 4) is 11.6 Å². The molecule has 0 aliphatic rings. The summed E-state index contributed by atoms with van der Waals surface area (Å²) in [6, 6.07) is 16.9. The SMILES string of the molecule is O=C(NC(=O)c1c(Cl)cccc1Cl)Nc1cnc(Oc2ccc(S(=O)(=O)c3ccc(Cl)cc3)cc2)c(Br)c1. The highest BCUT2D eigenvalue weighted by molar-refractivity contribution is 9.10. The summed E-state index contributed by atoms with van der Waals surface area (Å²) in [5.41, 5.74) is 0.227. The van der Waals surface area contributed by atoms with Gasteiger partial charge in [0.05, 0.1) is 41.8 Å². The van der Waals surface area contributed by atoms with Gasteiger partial charge in [0.2, 0.25) is 15.7 Å². The number of amides is 3. The molecule has 0 unspecified atom stereocenters. The van der Waals surface area contributed by atoms with E-state index in [1.165, 1.54) is 72.9 Å². The number of urea groups is 1. The van der Waals surface area contributed by atoms with E-state index in [1.807, 2.05) is 0 Å². The van der Waals surface area contributed by atoms with Crippen molar-refractivity contribution in [2.75, 3.05) is 5.32 Å². The first-order valence-electron chi connectivity index (χ1n) is 10.5. The maximum absolute atomic E-state index is 12.8. The van der Waals surface area contributed by atoms with Crippen LogP contribution in [0.3, 0.4) is 0 Å². The van der Waals surface area contributed by atoms with Crippen LogP contribution in [0.15, 0.2) is 93.3 Å². The zero-order valence-electron chi connectivity index (χ0n) is 18.9. The van der Waals surface area contributed by atoms with Gasteiger partial charge in [-0.15, -0.1) is 0 Å². The quantitative estimate of drug-likeness (QED) is 0.224. The average Bonchev–Trinajstić information content (AvgIpc) is 2.86. The monoisotopic (exact) mass is 653 g/mol. The number of hydrogen-bond acceptors (Lipinski definition) is 6. The van der Waals surface area contributed by atoms with E-state index in [4.69, 9.17) is 39.5 Å². The molecule has 0 bridgehead atoms. The lowest BCUT2D eigenvalue weighted by atomic mass is 10.2. The zero-order valence-corrected chi connectivity index (χ0v) is 23.6. The number of sulfone groups is 1. The number of imide groups is 1. The van der Waals surface area contributed by atoms with E-state index in [9.17, 15) is 18.0 Å². The second kappa shape index (κ2) is 11.7. The Labute approximate surface area is 240 Å². The number of benzene rings is 3. The minimum absolute atomic E-state index is 0.0268. The summed E-state index contributed by atoms with van der Waals surface area (Å²) < 4.78 is 31.7. The van der Waals surface area contributed by atoms with Gasteiger partial charge in [-0.25, -0.2) is 18.2 Å². The number of carbonyl (C=O) groups excluding carboxylic acids is 2. The summed E-state index contributed by atoms with van der Waals surface area (Å²) in [6.45, 7) is 0. The van der Waals surface area contributed by atoms with Crippen LogP contribution in [0, 0.1) is 0 Å². The molecule has 0 aliphatic carbocycles. The molecular weight excluding hydrogens is 641 g/mol. The number of rotatable bonds is 6. The van der Waals surface area contributed by atoms with Crippen LogP contribution in [0.25, 0.3) is 0 Å². The smallest absolute Gasteiger partial charge is 0.326 e. The minimum Gasteiger partial charge on any atom is -0.438 e. The highest BCUT2D eigenvalue weighted by Crippen LogP contribution is 2.31. The van der Waals surface area contributed by atoms with Crippen LogP contribution < -0.4 is 15.4 Å². The molecule has 13 heteroatoms. The molecule has 194 valence electrons. The van der Waals surface area contributed by atoms with Gasteiger partial charge in [0.1, 0.15) is 5.75 Å². The van der Waals surface area contributed by atoms with Crippen molar-refractivity contribution in [2.45, 2.75) is 9.79 Å². The first-order valence-corrected chi connectivity index (χ1v) is 14.0. The van der Waals surface area contributed by atoms with Gasteiger partial charge >= 0.3 is 6.03 Å². The molecule has 0 saturated heterocycles. The molecule has 0 saturated carbocycles. The van der Waals surface area contributed by atoms with Crippen molar-refractivity contribution in [1.82, 2.24) is 10.3 Å². The predicted octanol–water partition coefficient (Wildman–Crippen LogP) is 7.39. The van der Waals surface area contributed by atoms with Gasteiger partial charge in [-0.1, -0.05) is 40.9 Å². The molecular formula is C25H15BrCl3N3O5S. The normalized spacial score (nSPS) is 11.1. The van der Waals surface area contributed by atoms with Crippen LogP contribution >= 0.6 is 50.7 Å². The number of halogens is 4. The third-order valence-corrected chi connectivity index (χ3v) is 8.19. The minimum atomic E-state index is -3.73. The van der Waals surface area contributed by atoms with Crippen LogP contribution in [-0.2, 0) is 9.84 Å². The Morgan fingerprint density at radius 2 is 1.45 bits per heavy atom. The molecule has 0 atom stereocenters. The molecule has 1 heterocycles. The molecule has 0 aliphatic heterocycles. The van der Waals surface area contributed by atoms with Crippen molar-refractivity contribution in [1.29, 1.82) is 0 Å². The van der Waals surface area contributed by atoms with Crippen molar-refractivity contribution in [3.05, 3.63) is 104 Å². The topological polar surface area (TPSA) is 114 Å². The lowest BCUT2D eigenvalue weighted by molar-refractivity contribution is 0.0967. The average molecular weight is 656 g/mol. The van der Waals surface area contributed by atoms with Crippen LogP contribution in [0.1, 0.15) is 10.4 Å². The Kier molecular flexibility index (Phi) is 8.59. The van der Waals surface area contributed by atoms with Gasteiger partial charge in [-0.2, -0.15) is 0 Å². The summed E-state index contributed by atoms with van der Waals surface area (Å²) >= 11 is 21.1. The molecule has 3 aromatic carbocycles. The highest BCUT2D eigenvalue weighted by atomic mass is 79.9. The van der Waals surface area contributed by atoms with Crippen molar-refractivity contribution in [2.24, 2.45) is 0 Å². The maximum atomic E-state index is 12.8. The lowest BCUT2D eigenvalue weighted by Crippen LogP contribution is -2.34. The Bertz CT molecular complexity index is 1610. The van der Waals surface area contributed by atoms with E-state index in [1.54, 1.807) is 6.07 Å². The molecule has 0 spiro atoms. The zero-order chi connectivity index (χ0) is 27.4. The Morgan fingerprint density at radius 3 is 2.03 bits per heavy atom. The Balaban J connectivity index is 1.41. The number of pyridine rings is 1. The van der Waals surface area contributed by atoms with Gasteiger partial charge in [0, 0.05) is 5.02 Å². The van der Waals surface area contributed by atoms with Gasteiger partial charge < -0.3 is 10.1 Å². The fourth-order valence-corrected chi connectivity index (χ4v) is 5.55. The highest BCUT2D eigenvalue weighted by Gasteiger charge is 2.19. The molecule has 0 fully saturated rings. The Morgan fingerprint density at radius 1 is 0.868 bits per heavy atom. The molecule has 8 nitrogen and oxygen atoms in total. The number of nitrogens with one attached hydrogen (secondary N) is 2. The second-order valence-electron chi connectivity index (χ2n) is 7.55. The van der Waals surface area contributed by atoms with Crippen LogP contribution in [0.5, 0.6) is 11.6 Å². The first kappa shape index (κ1) is 27.9. The van der Waals surface area contributed by atoms with Gasteiger partial charge in [0.25, 0.3) is 5.91 Å². The Hall–Kier alpha value is -3.15. The third kappa shape index (κ3) is 6.46. The summed E-state index contributed by atoms with van der Waals surface area (Å²) in [6.07, 6.45) is 1.31. The number of aromatic nitrogens is 1. The van der Waals surface area contributed by atoms with E-state index in [2.05, 4.69) is 31.5 Å². The molecule has 4 rings (SSSR count). The molecule has 4 aromatic rings. The largest absolute Gasteiger partial charge is 0.438 e. The first-order chi connectivity index (χ1) is 18.0. The van der Waals surface area contributed by atoms with E-state index in [-0.39, 0.29) is 37.0 Å². The fourth-order valence-electron chi connectivity index (χ4n) is 3.16. The van der Waals surface area contributed by atoms with E-state index < -0.39 is 21.8 Å². The van der Waals surface area contributed by atoms with E-state index >= 15 is 0 Å². The molecule has 2 N–H and O–H groups in total. The van der Waals surface area contributed by atoms with E-state index in [0.29, 0.717) is 15.2 Å². The third-order valence-electron chi connectivity index (χ3n) is 4.95. The van der Waals surface area contributed by atoms with E-state index in [0.717, 1.165) is 0 Å². The van der Waals surface area contributed by atoms with Gasteiger partial charge in [-0.3, -0.25) is 10.1 Å². The molecule has 1 aromatic heterocycles. The number of anilines is 1. The fraction of sp³-hybridized carbons (Fsp3) is 0. The number of ether oxygens (including phenoxy) is 1. The van der Waals surface area contributed by atoms with Crippen LogP contribution in [-0.4, -0.2) is 25.3 Å². The van der Waals surface area contributed by atoms with Crippen LogP contribution in [0.4, 0.5) is 10.5 Å². The summed E-state index contributed by atoms with van der Waals surface area (Å²) in [5, 5.41) is 5.26. The summed E-state index contributed by atoms with van der Waals surface area (Å²) in [5.74, 6) is -0.288. The number of nitrogens with zero attached hydrogens (tertiary/aromatic N) is 1. The van der Waals surface area contributed by atoms with Crippen molar-refractivity contribution >= 4 is 78.2 Å². The second-order valence-corrected chi connectivity index (χ2v) is 11.6. The van der Waals surface area contributed by atoms with Crippen molar-refractivity contribution in [3.63, 3.8) is 0 Å². The standard InChI is InChI=1S/C25H15BrCl3N3O5S/c26-19-12-15(31-25(34)32-23(33)22-20(28)2-1-3-21(22)29)13-30-24(19)37-16-6-10-18(11-7-16)38(35,36)17-8-4-14(27)5-9-17/h1-13H,(H2,31,32,33,34). The summed E-state index contributed by atoms with van der Waals surface area (Å²) in [4.78, 5) is 29.0. The molecule has 3 amide bonds. The van der Waals surface area contributed by atoms with Crippen LogP contribution in [0.2, 0.25) is 15.1 Å². The predicted molar refractivity (Wildman–Crippen MR) is 148 cm³/mol. The lowest BCUT2D eigenvalue weighted by Gasteiger charge is -2.11. The summed E-state index contributed by atoms with van der Waals surface area (Å²) in [7, 11) is -3.73. The maximum Gasteiger partial charge on any atom is 0.326 e. The molecule has 0 radical (unpaired) electrons. The van der Waals surface area contributed by atoms with Crippen molar-refractivity contribution < 1.29 is 22.7 Å².